The highest BCUT2D eigenvalue weighted by Crippen LogP contribution is 2.33. The lowest BCUT2D eigenvalue weighted by Gasteiger charge is -2.25. The van der Waals surface area contributed by atoms with Crippen LogP contribution < -0.4 is 4.74 Å². The van der Waals surface area contributed by atoms with Crippen LogP contribution in [0.1, 0.15) is 23.3 Å². The number of amides is 2. The quantitative estimate of drug-likeness (QED) is 0.797. The number of carbonyl (C=O) groups excluding carboxylic acids is 2. The zero-order valence-corrected chi connectivity index (χ0v) is 15.0. The average molecular weight is 372 g/mol. The maximum atomic E-state index is 13.6. The highest BCUT2D eigenvalue weighted by Gasteiger charge is 2.48. The first-order chi connectivity index (χ1) is 13.0. The lowest BCUT2D eigenvalue weighted by molar-refractivity contribution is -0.129. The summed E-state index contributed by atoms with van der Waals surface area (Å²) >= 11 is 0. The van der Waals surface area contributed by atoms with Gasteiger partial charge in [-0.3, -0.25) is 9.59 Å². The minimum Gasteiger partial charge on any atom is -0.489 e. The number of aryl methyl sites for hydroxylation is 1. The van der Waals surface area contributed by atoms with E-state index in [1.54, 1.807) is 45.1 Å². The SMILES string of the molecule is Cn1cnc(C(=O)N2CC[C@H]3[C@@H]2CC(=O)N3CCOc2ccccc2F)c1. The number of aromatic nitrogens is 2. The van der Waals surface area contributed by atoms with Crippen molar-refractivity contribution in [1.82, 2.24) is 19.4 Å². The summed E-state index contributed by atoms with van der Waals surface area (Å²) in [4.78, 5) is 32.8. The average Bonchev–Trinajstić information content (AvgIpc) is 3.33. The third kappa shape index (κ3) is 3.27. The standard InChI is InChI=1S/C19H21FN4O3/c1-22-11-14(21-12-22)19(26)24-7-6-15-16(24)10-18(25)23(15)8-9-27-17-5-3-2-4-13(17)20/h2-5,11-12,15-16H,6-10H2,1H3/t15-,16-/m0/s1. The Kier molecular flexibility index (Phi) is 4.55. The van der Waals surface area contributed by atoms with Gasteiger partial charge < -0.3 is 19.1 Å². The van der Waals surface area contributed by atoms with Crippen LogP contribution in [0.2, 0.25) is 0 Å². The molecular weight excluding hydrogens is 351 g/mol. The number of rotatable bonds is 5. The van der Waals surface area contributed by atoms with Gasteiger partial charge in [-0.05, 0) is 18.6 Å². The minimum absolute atomic E-state index is 0.000606. The molecule has 0 unspecified atom stereocenters. The van der Waals surface area contributed by atoms with Crippen molar-refractivity contribution in [2.24, 2.45) is 7.05 Å². The summed E-state index contributed by atoms with van der Waals surface area (Å²) < 4.78 is 20.8. The smallest absolute Gasteiger partial charge is 0.274 e. The van der Waals surface area contributed by atoms with Gasteiger partial charge in [-0.25, -0.2) is 9.37 Å². The second-order valence-electron chi connectivity index (χ2n) is 6.92. The van der Waals surface area contributed by atoms with E-state index >= 15 is 0 Å². The van der Waals surface area contributed by atoms with Gasteiger partial charge in [0.2, 0.25) is 5.91 Å². The van der Waals surface area contributed by atoms with E-state index < -0.39 is 5.82 Å². The van der Waals surface area contributed by atoms with E-state index in [-0.39, 0.29) is 36.3 Å². The number of halogens is 1. The number of para-hydroxylation sites is 1. The van der Waals surface area contributed by atoms with Crippen LogP contribution in [0.3, 0.4) is 0 Å². The molecule has 0 bridgehead atoms. The van der Waals surface area contributed by atoms with Crippen LogP contribution in [0.5, 0.6) is 5.75 Å². The van der Waals surface area contributed by atoms with Crippen LogP contribution >= 0.6 is 0 Å². The molecule has 2 saturated heterocycles. The first-order valence-corrected chi connectivity index (χ1v) is 9.00. The number of hydrogen-bond donors (Lipinski definition) is 0. The monoisotopic (exact) mass is 372 g/mol. The maximum Gasteiger partial charge on any atom is 0.274 e. The van der Waals surface area contributed by atoms with Gasteiger partial charge in [-0.15, -0.1) is 0 Å². The largest absolute Gasteiger partial charge is 0.489 e. The molecule has 0 spiro atoms. The highest BCUT2D eigenvalue weighted by molar-refractivity contribution is 5.93. The molecule has 1 aromatic carbocycles. The fraction of sp³-hybridized carbons (Fsp3) is 0.421. The molecule has 142 valence electrons. The van der Waals surface area contributed by atoms with E-state index in [0.717, 1.165) is 6.42 Å². The molecule has 0 radical (unpaired) electrons. The molecule has 2 aliphatic rings. The molecule has 8 heteroatoms. The number of hydrogen-bond acceptors (Lipinski definition) is 4. The first-order valence-electron chi connectivity index (χ1n) is 9.00. The minimum atomic E-state index is -0.420. The molecular formula is C19H21FN4O3. The van der Waals surface area contributed by atoms with Crippen LogP contribution in [0.25, 0.3) is 0 Å². The lowest BCUT2D eigenvalue weighted by atomic mass is 10.1. The number of ether oxygens (including phenoxy) is 1. The Morgan fingerprint density at radius 1 is 1.33 bits per heavy atom. The zero-order valence-electron chi connectivity index (χ0n) is 15.0. The molecule has 2 aliphatic heterocycles. The fourth-order valence-corrected chi connectivity index (χ4v) is 3.96. The fourth-order valence-electron chi connectivity index (χ4n) is 3.96. The number of fused-ring (bicyclic) bond motifs is 1. The Hall–Kier alpha value is -2.90. The van der Waals surface area contributed by atoms with Crippen LogP contribution in [-0.2, 0) is 11.8 Å². The van der Waals surface area contributed by atoms with Gasteiger partial charge in [0.1, 0.15) is 12.3 Å². The Morgan fingerprint density at radius 3 is 2.89 bits per heavy atom. The summed E-state index contributed by atoms with van der Waals surface area (Å²) in [6.07, 6.45) is 4.32. The number of nitrogens with zero attached hydrogens (tertiary/aromatic N) is 4. The van der Waals surface area contributed by atoms with Crippen molar-refractivity contribution < 1.29 is 18.7 Å². The predicted octanol–water partition coefficient (Wildman–Crippen LogP) is 1.45. The van der Waals surface area contributed by atoms with Gasteiger partial charge in [0, 0.05) is 26.2 Å². The third-order valence-corrected chi connectivity index (χ3v) is 5.23. The maximum absolute atomic E-state index is 13.6. The van der Waals surface area contributed by atoms with Crippen molar-refractivity contribution in [3.05, 3.63) is 48.3 Å². The first kappa shape index (κ1) is 17.5. The normalized spacial score (nSPS) is 21.6. The van der Waals surface area contributed by atoms with Crippen LogP contribution in [0.4, 0.5) is 4.39 Å². The van der Waals surface area contributed by atoms with Gasteiger partial charge in [0.15, 0.2) is 11.6 Å². The number of imidazole rings is 1. The van der Waals surface area contributed by atoms with Crippen molar-refractivity contribution in [3.8, 4) is 5.75 Å². The summed E-state index contributed by atoms with van der Waals surface area (Å²) in [5.41, 5.74) is 0.395. The van der Waals surface area contributed by atoms with Crippen molar-refractivity contribution >= 4 is 11.8 Å². The van der Waals surface area contributed by atoms with E-state index in [9.17, 15) is 14.0 Å². The lowest BCUT2D eigenvalue weighted by Crippen LogP contribution is -2.41. The highest BCUT2D eigenvalue weighted by atomic mass is 19.1. The second-order valence-corrected chi connectivity index (χ2v) is 6.92. The Morgan fingerprint density at radius 2 is 2.15 bits per heavy atom. The molecule has 27 heavy (non-hydrogen) atoms. The topological polar surface area (TPSA) is 67.7 Å². The van der Waals surface area contributed by atoms with E-state index in [4.69, 9.17) is 4.74 Å². The molecule has 0 N–H and O–H groups in total. The van der Waals surface area contributed by atoms with Crippen LogP contribution in [0.15, 0.2) is 36.8 Å². The van der Waals surface area contributed by atoms with Gasteiger partial charge >= 0.3 is 0 Å². The Bertz CT molecular complexity index is 868. The van der Waals surface area contributed by atoms with E-state index in [0.29, 0.717) is 25.2 Å². The molecule has 2 aromatic rings. The van der Waals surface area contributed by atoms with E-state index in [1.165, 1.54) is 6.07 Å². The summed E-state index contributed by atoms with van der Waals surface area (Å²) in [6.45, 7) is 1.19. The summed E-state index contributed by atoms with van der Waals surface area (Å²) in [5, 5.41) is 0. The summed E-state index contributed by atoms with van der Waals surface area (Å²) in [5.74, 6) is -0.379. The molecule has 2 atom stereocenters. The van der Waals surface area contributed by atoms with Crippen LogP contribution in [-0.4, -0.2) is 62.9 Å². The van der Waals surface area contributed by atoms with Crippen LogP contribution in [0, 0.1) is 5.82 Å². The number of benzene rings is 1. The molecule has 0 saturated carbocycles. The van der Waals surface area contributed by atoms with Crippen molar-refractivity contribution in [1.29, 1.82) is 0 Å². The summed E-state index contributed by atoms with van der Waals surface area (Å²) in [7, 11) is 1.81. The summed E-state index contributed by atoms with van der Waals surface area (Å²) in [6, 6.07) is 6.04. The van der Waals surface area contributed by atoms with Crippen molar-refractivity contribution in [3.63, 3.8) is 0 Å². The molecule has 2 amide bonds. The number of carbonyl (C=O) groups is 2. The van der Waals surface area contributed by atoms with Crippen molar-refractivity contribution in [2.75, 3.05) is 19.7 Å². The third-order valence-electron chi connectivity index (χ3n) is 5.23. The van der Waals surface area contributed by atoms with E-state index in [2.05, 4.69) is 4.98 Å². The predicted molar refractivity (Wildman–Crippen MR) is 94.7 cm³/mol. The Labute approximate surface area is 156 Å². The van der Waals surface area contributed by atoms with E-state index in [1.807, 2.05) is 7.05 Å². The number of likely N-dealkylation sites (tertiary alicyclic amines) is 2. The van der Waals surface area contributed by atoms with Gasteiger partial charge in [-0.1, -0.05) is 12.1 Å². The zero-order chi connectivity index (χ0) is 19.0. The van der Waals surface area contributed by atoms with Gasteiger partial charge in [0.05, 0.1) is 25.0 Å². The van der Waals surface area contributed by atoms with Crippen molar-refractivity contribution in [2.45, 2.75) is 24.9 Å². The van der Waals surface area contributed by atoms with Gasteiger partial charge in [-0.2, -0.15) is 0 Å². The molecule has 0 aliphatic carbocycles. The molecule has 2 fully saturated rings. The molecule has 4 rings (SSSR count). The second kappa shape index (κ2) is 7.02. The molecule has 3 heterocycles. The van der Waals surface area contributed by atoms with Gasteiger partial charge in [0.25, 0.3) is 5.91 Å². The Balaban J connectivity index is 1.39. The molecule has 7 nitrogen and oxygen atoms in total. The molecule has 1 aromatic heterocycles.